The van der Waals surface area contributed by atoms with E-state index in [0.717, 1.165) is 11.4 Å². The first-order chi connectivity index (χ1) is 11.0. The lowest BCUT2D eigenvalue weighted by Gasteiger charge is -2.22. The SMILES string of the molecule is CC(C)N(C)c1ccc(CNC[C@H](O)c2ccc(F)cc2)cn1. The van der Waals surface area contributed by atoms with Gasteiger partial charge >= 0.3 is 0 Å². The van der Waals surface area contributed by atoms with Gasteiger partial charge in [-0.1, -0.05) is 18.2 Å². The van der Waals surface area contributed by atoms with E-state index in [1.54, 1.807) is 12.1 Å². The summed E-state index contributed by atoms with van der Waals surface area (Å²) < 4.78 is 12.9. The molecule has 2 N–H and O–H groups in total. The molecule has 4 nitrogen and oxygen atoms in total. The van der Waals surface area contributed by atoms with Crippen molar-refractivity contribution in [1.82, 2.24) is 10.3 Å². The van der Waals surface area contributed by atoms with Crippen molar-refractivity contribution in [2.45, 2.75) is 32.5 Å². The second-order valence-corrected chi connectivity index (χ2v) is 5.93. The summed E-state index contributed by atoms with van der Waals surface area (Å²) in [7, 11) is 2.02. The number of halogens is 1. The van der Waals surface area contributed by atoms with Crippen molar-refractivity contribution < 1.29 is 9.50 Å². The zero-order valence-electron chi connectivity index (χ0n) is 13.8. The van der Waals surface area contributed by atoms with E-state index in [4.69, 9.17) is 0 Å². The molecule has 23 heavy (non-hydrogen) atoms. The lowest BCUT2D eigenvalue weighted by molar-refractivity contribution is 0.174. The second kappa shape index (κ2) is 8.04. The predicted molar refractivity (Wildman–Crippen MR) is 90.8 cm³/mol. The predicted octanol–water partition coefficient (Wildman–Crippen LogP) is 2.89. The Morgan fingerprint density at radius 1 is 1.17 bits per heavy atom. The molecule has 2 rings (SSSR count). The van der Waals surface area contributed by atoms with Gasteiger partial charge in [-0.3, -0.25) is 0 Å². The third-order valence-corrected chi connectivity index (χ3v) is 3.87. The van der Waals surface area contributed by atoms with Crippen LogP contribution in [0, 0.1) is 5.82 Å². The van der Waals surface area contributed by atoms with E-state index in [-0.39, 0.29) is 5.82 Å². The van der Waals surface area contributed by atoms with Crippen molar-refractivity contribution in [1.29, 1.82) is 0 Å². The van der Waals surface area contributed by atoms with E-state index >= 15 is 0 Å². The Bertz CT molecular complexity index is 599. The zero-order chi connectivity index (χ0) is 16.8. The van der Waals surface area contributed by atoms with Crippen molar-refractivity contribution in [2.24, 2.45) is 0 Å². The minimum atomic E-state index is -0.657. The molecule has 0 amide bonds. The molecule has 0 fully saturated rings. The number of anilines is 1. The summed E-state index contributed by atoms with van der Waals surface area (Å²) in [6.45, 7) is 5.26. The molecule has 0 saturated carbocycles. The molecule has 1 heterocycles. The minimum Gasteiger partial charge on any atom is -0.387 e. The maximum absolute atomic E-state index is 12.9. The van der Waals surface area contributed by atoms with Gasteiger partial charge in [0.2, 0.25) is 0 Å². The number of nitrogens with one attached hydrogen (secondary N) is 1. The molecule has 124 valence electrons. The Balaban J connectivity index is 1.83. The Hall–Kier alpha value is -1.98. The van der Waals surface area contributed by atoms with E-state index < -0.39 is 6.10 Å². The highest BCUT2D eigenvalue weighted by atomic mass is 19.1. The van der Waals surface area contributed by atoms with Crippen LogP contribution >= 0.6 is 0 Å². The molecule has 0 aliphatic heterocycles. The van der Waals surface area contributed by atoms with E-state index in [9.17, 15) is 9.50 Å². The average molecular weight is 317 g/mol. The standard InChI is InChI=1S/C18H24FN3O/c1-13(2)22(3)18-9-4-14(11-21-18)10-20-12-17(23)15-5-7-16(19)8-6-15/h4-9,11,13,17,20,23H,10,12H2,1-3H3/t17-/m0/s1. The van der Waals surface area contributed by atoms with E-state index in [1.807, 2.05) is 25.4 Å². The van der Waals surface area contributed by atoms with Crippen LogP contribution < -0.4 is 10.2 Å². The number of rotatable bonds is 7. The van der Waals surface area contributed by atoms with Crippen LogP contribution in [0.15, 0.2) is 42.6 Å². The molecule has 1 aromatic heterocycles. The fourth-order valence-electron chi connectivity index (χ4n) is 2.15. The van der Waals surface area contributed by atoms with Gasteiger partial charge in [-0.15, -0.1) is 0 Å². The lowest BCUT2D eigenvalue weighted by atomic mass is 10.1. The molecule has 1 aromatic carbocycles. The summed E-state index contributed by atoms with van der Waals surface area (Å²) in [6.07, 6.45) is 1.18. The molecule has 0 aliphatic rings. The highest BCUT2D eigenvalue weighted by Gasteiger charge is 2.08. The van der Waals surface area contributed by atoms with Crippen LogP contribution in [0.3, 0.4) is 0 Å². The highest BCUT2D eigenvalue weighted by Crippen LogP contribution is 2.14. The van der Waals surface area contributed by atoms with Crippen LogP contribution in [0.1, 0.15) is 31.1 Å². The molecule has 0 aliphatic carbocycles. The largest absolute Gasteiger partial charge is 0.387 e. The van der Waals surface area contributed by atoms with E-state index in [2.05, 4.69) is 29.0 Å². The van der Waals surface area contributed by atoms with E-state index in [0.29, 0.717) is 24.7 Å². The second-order valence-electron chi connectivity index (χ2n) is 5.93. The van der Waals surface area contributed by atoms with Crippen LogP contribution in [-0.4, -0.2) is 29.7 Å². The number of aromatic nitrogens is 1. The molecule has 0 radical (unpaired) electrons. The molecular formula is C18H24FN3O. The maximum atomic E-state index is 12.9. The summed E-state index contributed by atoms with van der Waals surface area (Å²) in [5.74, 6) is 0.640. The normalized spacial score (nSPS) is 12.4. The van der Waals surface area contributed by atoms with Crippen molar-refractivity contribution in [3.05, 3.63) is 59.5 Å². The van der Waals surface area contributed by atoms with Crippen LogP contribution in [0.2, 0.25) is 0 Å². The van der Waals surface area contributed by atoms with Gasteiger partial charge in [0.05, 0.1) is 6.10 Å². The number of nitrogens with zero attached hydrogens (tertiary/aromatic N) is 2. The van der Waals surface area contributed by atoms with Gasteiger partial charge in [0.1, 0.15) is 11.6 Å². The van der Waals surface area contributed by atoms with Crippen LogP contribution in [0.4, 0.5) is 10.2 Å². The Labute approximate surface area is 137 Å². The third kappa shape index (κ3) is 5.01. The smallest absolute Gasteiger partial charge is 0.128 e. The average Bonchev–Trinajstić information content (AvgIpc) is 2.55. The third-order valence-electron chi connectivity index (χ3n) is 3.87. The summed E-state index contributed by atoms with van der Waals surface area (Å²) in [6, 6.07) is 10.3. The summed E-state index contributed by atoms with van der Waals surface area (Å²) in [4.78, 5) is 6.55. The first-order valence-electron chi connectivity index (χ1n) is 7.79. The van der Waals surface area contributed by atoms with Crippen molar-refractivity contribution in [3.8, 4) is 0 Å². The van der Waals surface area contributed by atoms with Gasteiger partial charge in [-0.2, -0.15) is 0 Å². The van der Waals surface area contributed by atoms with Crippen molar-refractivity contribution in [2.75, 3.05) is 18.5 Å². The fourth-order valence-corrected chi connectivity index (χ4v) is 2.15. The van der Waals surface area contributed by atoms with Gasteiger partial charge in [0, 0.05) is 32.4 Å². The molecule has 0 bridgehead atoms. The van der Waals surface area contributed by atoms with Crippen molar-refractivity contribution in [3.63, 3.8) is 0 Å². The van der Waals surface area contributed by atoms with Crippen LogP contribution in [0.25, 0.3) is 0 Å². The Kier molecular flexibility index (Phi) is 6.07. The van der Waals surface area contributed by atoms with Gasteiger partial charge in [0.25, 0.3) is 0 Å². The quantitative estimate of drug-likeness (QED) is 0.824. The first-order valence-corrected chi connectivity index (χ1v) is 7.79. The number of aliphatic hydroxyl groups is 1. The number of hydrogen-bond donors (Lipinski definition) is 2. The molecule has 0 saturated heterocycles. The number of hydrogen-bond acceptors (Lipinski definition) is 4. The molecule has 5 heteroatoms. The summed E-state index contributed by atoms with van der Waals surface area (Å²) in [5, 5.41) is 13.2. The van der Waals surface area contributed by atoms with Crippen LogP contribution in [-0.2, 0) is 6.54 Å². The number of aliphatic hydroxyl groups excluding tert-OH is 1. The zero-order valence-corrected chi connectivity index (χ0v) is 13.8. The molecule has 0 unspecified atom stereocenters. The highest BCUT2D eigenvalue weighted by molar-refractivity contribution is 5.39. The minimum absolute atomic E-state index is 0.300. The van der Waals surface area contributed by atoms with Gasteiger partial charge in [-0.05, 0) is 43.2 Å². The Morgan fingerprint density at radius 3 is 2.43 bits per heavy atom. The summed E-state index contributed by atoms with van der Waals surface area (Å²) >= 11 is 0. The molecular weight excluding hydrogens is 293 g/mol. The lowest BCUT2D eigenvalue weighted by Crippen LogP contribution is -2.26. The van der Waals surface area contributed by atoms with Gasteiger partial charge in [-0.25, -0.2) is 9.37 Å². The summed E-state index contributed by atoms with van der Waals surface area (Å²) in [5.41, 5.74) is 1.75. The van der Waals surface area contributed by atoms with Gasteiger partial charge < -0.3 is 15.3 Å². The number of benzene rings is 1. The molecule has 2 aromatic rings. The fraction of sp³-hybridized carbons (Fsp3) is 0.389. The number of pyridine rings is 1. The van der Waals surface area contributed by atoms with E-state index in [1.165, 1.54) is 12.1 Å². The molecule has 0 spiro atoms. The van der Waals surface area contributed by atoms with Gasteiger partial charge in [0.15, 0.2) is 0 Å². The van der Waals surface area contributed by atoms with Crippen LogP contribution in [0.5, 0.6) is 0 Å². The Morgan fingerprint density at radius 2 is 1.87 bits per heavy atom. The maximum Gasteiger partial charge on any atom is 0.128 e. The van der Waals surface area contributed by atoms with Crippen molar-refractivity contribution >= 4 is 5.82 Å². The topological polar surface area (TPSA) is 48.4 Å². The first kappa shape index (κ1) is 17.4. The monoisotopic (exact) mass is 317 g/mol. The molecule has 1 atom stereocenters.